The van der Waals surface area contributed by atoms with Crippen LogP contribution in [-0.4, -0.2) is 13.0 Å². The normalized spacial score (nSPS) is 10.9. The number of anilines is 1. The second-order valence-corrected chi connectivity index (χ2v) is 8.88. The van der Waals surface area contributed by atoms with E-state index in [1.54, 1.807) is 36.4 Å². The molecule has 4 aromatic carbocycles. The fourth-order valence-corrected chi connectivity index (χ4v) is 4.44. The van der Waals surface area contributed by atoms with Gasteiger partial charge in [-0.15, -0.1) is 0 Å². The fraction of sp³-hybridized carbons (Fsp3) is 0.0370. The van der Waals surface area contributed by atoms with E-state index in [0.717, 1.165) is 15.2 Å². The standard InChI is InChI=1S/C27H17BrClNO5/c1-33-24-8-4-5-15-13-19(27(32)35-25(15)24)26(31)30-16-9-11-23(21(29)14-16)34-22-12-10-20(28)17-6-2-3-7-18(17)22/h2-14H,1H3,(H,30,31). The predicted molar refractivity (Wildman–Crippen MR) is 140 cm³/mol. The summed E-state index contributed by atoms with van der Waals surface area (Å²) in [6, 6.07) is 23.1. The van der Waals surface area contributed by atoms with Gasteiger partial charge in [0.15, 0.2) is 11.3 Å². The molecule has 0 unspecified atom stereocenters. The van der Waals surface area contributed by atoms with E-state index in [9.17, 15) is 9.59 Å². The Balaban J connectivity index is 1.40. The lowest BCUT2D eigenvalue weighted by Crippen LogP contribution is -2.20. The van der Waals surface area contributed by atoms with Crippen molar-refractivity contribution >= 4 is 60.9 Å². The van der Waals surface area contributed by atoms with Gasteiger partial charge in [-0.3, -0.25) is 4.79 Å². The topological polar surface area (TPSA) is 77.8 Å². The van der Waals surface area contributed by atoms with Crippen LogP contribution in [0.15, 0.2) is 92.5 Å². The maximum atomic E-state index is 12.8. The summed E-state index contributed by atoms with van der Waals surface area (Å²) in [6.07, 6.45) is 0. The minimum absolute atomic E-state index is 0.136. The largest absolute Gasteiger partial charge is 0.493 e. The van der Waals surface area contributed by atoms with E-state index in [2.05, 4.69) is 21.2 Å². The quantitative estimate of drug-likeness (QED) is 0.231. The lowest BCUT2D eigenvalue weighted by Gasteiger charge is -2.13. The summed E-state index contributed by atoms with van der Waals surface area (Å²) < 4.78 is 17.6. The van der Waals surface area contributed by atoms with Gasteiger partial charge in [0, 0.05) is 20.9 Å². The van der Waals surface area contributed by atoms with Gasteiger partial charge in [-0.2, -0.15) is 0 Å². The number of carbonyl (C=O) groups is 1. The monoisotopic (exact) mass is 549 g/mol. The third-order valence-corrected chi connectivity index (χ3v) is 6.42. The Morgan fingerprint density at radius 3 is 2.46 bits per heavy atom. The average molecular weight is 551 g/mol. The zero-order chi connectivity index (χ0) is 24.5. The van der Waals surface area contributed by atoms with Crippen LogP contribution in [0.3, 0.4) is 0 Å². The van der Waals surface area contributed by atoms with Crippen molar-refractivity contribution in [3.63, 3.8) is 0 Å². The molecule has 0 bridgehead atoms. The number of hydrogen-bond donors (Lipinski definition) is 1. The summed E-state index contributed by atoms with van der Waals surface area (Å²) in [5.74, 6) is 0.862. The molecule has 0 aliphatic carbocycles. The molecule has 0 saturated carbocycles. The smallest absolute Gasteiger partial charge is 0.349 e. The number of ether oxygens (including phenoxy) is 2. The van der Waals surface area contributed by atoms with Gasteiger partial charge in [0.25, 0.3) is 5.91 Å². The Hall–Kier alpha value is -3.81. The molecule has 1 aromatic heterocycles. The summed E-state index contributed by atoms with van der Waals surface area (Å²) in [5, 5.41) is 5.49. The van der Waals surface area contributed by atoms with Crippen LogP contribution in [0.1, 0.15) is 10.4 Å². The Morgan fingerprint density at radius 2 is 1.69 bits per heavy atom. The first-order chi connectivity index (χ1) is 16.9. The number of fused-ring (bicyclic) bond motifs is 2. The molecule has 174 valence electrons. The van der Waals surface area contributed by atoms with Gasteiger partial charge in [0.2, 0.25) is 0 Å². The molecule has 0 aliphatic heterocycles. The molecule has 0 fully saturated rings. The molecule has 8 heteroatoms. The lowest BCUT2D eigenvalue weighted by atomic mass is 10.1. The molecule has 1 amide bonds. The van der Waals surface area contributed by atoms with E-state index in [1.807, 2.05) is 36.4 Å². The Bertz CT molecular complexity index is 1660. The molecule has 1 N–H and O–H groups in total. The van der Waals surface area contributed by atoms with Crippen LogP contribution in [0, 0.1) is 0 Å². The Labute approximate surface area is 213 Å². The number of amides is 1. The molecule has 0 radical (unpaired) electrons. The molecule has 5 aromatic rings. The maximum Gasteiger partial charge on any atom is 0.349 e. The molecule has 5 rings (SSSR count). The molecule has 0 aliphatic rings. The highest BCUT2D eigenvalue weighted by Crippen LogP contribution is 2.37. The molecule has 1 heterocycles. The Kier molecular flexibility index (Phi) is 6.19. The highest BCUT2D eigenvalue weighted by Gasteiger charge is 2.17. The van der Waals surface area contributed by atoms with E-state index in [4.69, 9.17) is 25.5 Å². The van der Waals surface area contributed by atoms with Crippen molar-refractivity contribution in [1.82, 2.24) is 0 Å². The third kappa shape index (κ3) is 4.48. The van der Waals surface area contributed by atoms with Gasteiger partial charge in [0.1, 0.15) is 17.1 Å². The van der Waals surface area contributed by atoms with Crippen molar-refractivity contribution in [2.45, 2.75) is 0 Å². The molecule has 0 spiro atoms. The Morgan fingerprint density at radius 1 is 0.914 bits per heavy atom. The van der Waals surface area contributed by atoms with Crippen LogP contribution in [0.2, 0.25) is 5.02 Å². The SMILES string of the molecule is COc1cccc2cc(C(=O)Nc3ccc(Oc4ccc(Br)c5ccccc45)c(Cl)c3)c(=O)oc12. The third-order valence-electron chi connectivity index (χ3n) is 5.43. The van der Waals surface area contributed by atoms with E-state index >= 15 is 0 Å². The van der Waals surface area contributed by atoms with Crippen molar-refractivity contribution in [3.05, 3.63) is 104 Å². The van der Waals surface area contributed by atoms with E-state index in [-0.39, 0.29) is 11.1 Å². The average Bonchev–Trinajstić information content (AvgIpc) is 2.86. The summed E-state index contributed by atoms with van der Waals surface area (Å²) in [6.45, 7) is 0. The van der Waals surface area contributed by atoms with Crippen molar-refractivity contribution in [2.75, 3.05) is 12.4 Å². The van der Waals surface area contributed by atoms with Crippen LogP contribution >= 0.6 is 27.5 Å². The highest BCUT2D eigenvalue weighted by atomic mass is 79.9. The fourth-order valence-electron chi connectivity index (χ4n) is 3.74. The summed E-state index contributed by atoms with van der Waals surface area (Å²) >= 11 is 10.0. The summed E-state index contributed by atoms with van der Waals surface area (Å²) in [5.41, 5.74) is -0.226. The first-order valence-corrected chi connectivity index (χ1v) is 11.7. The van der Waals surface area contributed by atoms with Crippen molar-refractivity contribution in [3.8, 4) is 17.2 Å². The molecule has 0 atom stereocenters. The molecular weight excluding hydrogens is 534 g/mol. The van der Waals surface area contributed by atoms with Gasteiger partial charge in [-0.05, 0) is 47.9 Å². The van der Waals surface area contributed by atoms with Crippen molar-refractivity contribution in [2.24, 2.45) is 0 Å². The van der Waals surface area contributed by atoms with Gasteiger partial charge in [0.05, 0.1) is 12.1 Å². The van der Waals surface area contributed by atoms with Crippen LogP contribution < -0.4 is 20.4 Å². The number of benzene rings is 4. The van der Waals surface area contributed by atoms with Crippen molar-refractivity contribution in [1.29, 1.82) is 0 Å². The number of hydrogen-bond acceptors (Lipinski definition) is 5. The minimum atomic E-state index is -0.771. The molecule has 35 heavy (non-hydrogen) atoms. The van der Waals surface area contributed by atoms with Crippen LogP contribution in [-0.2, 0) is 0 Å². The predicted octanol–water partition coefficient (Wildman–Crippen LogP) is 7.42. The van der Waals surface area contributed by atoms with Gasteiger partial charge >= 0.3 is 5.63 Å². The van der Waals surface area contributed by atoms with E-state index in [0.29, 0.717) is 33.3 Å². The van der Waals surface area contributed by atoms with E-state index < -0.39 is 11.5 Å². The van der Waals surface area contributed by atoms with Gasteiger partial charge in [-0.25, -0.2) is 4.79 Å². The number of halogens is 2. The minimum Gasteiger partial charge on any atom is -0.493 e. The maximum absolute atomic E-state index is 12.8. The first kappa shape index (κ1) is 23.0. The molecular formula is C27H17BrClNO5. The summed E-state index contributed by atoms with van der Waals surface area (Å²) in [4.78, 5) is 25.3. The number of para-hydroxylation sites is 1. The second kappa shape index (κ2) is 9.44. The van der Waals surface area contributed by atoms with Gasteiger partial charge < -0.3 is 19.2 Å². The first-order valence-electron chi connectivity index (χ1n) is 10.5. The van der Waals surface area contributed by atoms with E-state index in [1.165, 1.54) is 13.2 Å². The number of methoxy groups -OCH3 is 1. The van der Waals surface area contributed by atoms with Crippen LogP contribution in [0.5, 0.6) is 17.2 Å². The van der Waals surface area contributed by atoms with Crippen LogP contribution in [0.4, 0.5) is 5.69 Å². The van der Waals surface area contributed by atoms with Crippen molar-refractivity contribution < 1.29 is 18.7 Å². The second-order valence-electron chi connectivity index (χ2n) is 7.62. The number of nitrogens with one attached hydrogen (secondary N) is 1. The molecule has 0 saturated heterocycles. The molecule has 6 nitrogen and oxygen atoms in total. The lowest BCUT2D eigenvalue weighted by molar-refractivity contribution is 0.102. The zero-order valence-corrected chi connectivity index (χ0v) is 20.6. The number of rotatable bonds is 5. The summed E-state index contributed by atoms with van der Waals surface area (Å²) in [7, 11) is 1.48. The number of carbonyl (C=O) groups excluding carboxylic acids is 1. The van der Waals surface area contributed by atoms with Gasteiger partial charge in [-0.1, -0.05) is 63.9 Å². The zero-order valence-electron chi connectivity index (χ0n) is 18.3. The van der Waals surface area contributed by atoms with Crippen LogP contribution in [0.25, 0.3) is 21.7 Å². The highest BCUT2D eigenvalue weighted by molar-refractivity contribution is 9.10.